The molecule has 0 amide bonds. The minimum atomic E-state index is -3.10. The third kappa shape index (κ3) is 2.26. The maximum absolute atomic E-state index is 11.8. The number of carbonyl (C=O) groups is 1. The minimum Gasteiger partial charge on any atom is -0.477 e. The van der Waals surface area contributed by atoms with Crippen LogP contribution >= 0.6 is 0 Å². The Hall–Kier alpha value is -2.15. The molecule has 0 bridgehead atoms. The van der Waals surface area contributed by atoms with Gasteiger partial charge in [0, 0.05) is 11.1 Å². The molecule has 4 rings (SSSR count). The van der Waals surface area contributed by atoms with Crippen molar-refractivity contribution in [3.63, 3.8) is 0 Å². The summed E-state index contributed by atoms with van der Waals surface area (Å²) in [7, 11) is -3.10. The largest absolute Gasteiger partial charge is 0.477 e. The van der Waals surface area contributed by atoms with Gasteiger partial charge in [0.1, 0.15) is 5.69 Å². The fourth-order valence-corrected chi connectivity index (χ4v) is 5.30. The fourth-order valence-electron chi connectivity index (χ4n) is 3.61. The van der Waals surface area contributed by atoms with Gasteiger partial charge >= 0.3 is 5.97 Å². The number of benzene rings is 1. The molecule has 1 aliphatic carbocycles. The van der Waals surface area contributed by atoms with Crippen molar-refractivity contribution in [3.8, 4) is 11.3 Å². The summed E-state index contributed by atoms with van der Waals surface area (Å²) in [5.74, 6) is -0.977. The number of carboxylic acid groups (broad SMARTS) is 1. The Morgan fingerprint density at radius 2 is 2.04 bits per heavy atom. The lowest BCUT2D eigenvalue weighted by Gasteiger charge is -2.14. The zero-order valence-electron chi connectivity index (χ0n) is 12.4. The number of aromatic carboxylic acids is 1. The van der Waals surface area contributed by atoms with Crippen molar-refractivity contribution < 1.29 is 18.3 Å². The second kappa shape index (κ2) is 4.92. The molecule has 2 heterocycles. The van der Waals surface area contributed by atoms with Crippen molar-refractivity contribution in [2.75, 3.05) is 11.5 Å². The molecule has 1 aromatic carbocycles. The van der Waals surface area contributed by atoms with Crippen LogP contribution in [-0.2, 0) is 22.7 Å². The highest BCUT2D eigenvalue weighted by molar-refractivity contribution is 7.91. The predicted molar refractivity (Wildman–Crippen MR) is 84.3 cm³/mol. The Bertz CT molecular complexity index is 914. The lowest BCUT2D eigenvalue weighted by atomic mass is 9.89. The number of rotatable bonds is 2. The summed E-state index contributed by atoms with van der Waals surface area (Å²) in [6.45, 7) is 0. The molecule has 1 atom stereocenters. The molecule has 0 radical (unpaired) electrons. The zero-order valence-corrected chi connectivity index (χ0v) is 13.2. The van der Waals surface area contributed by atoms with Gasteiger partial charge in [-0.25, -0.2) is 13.2 Å². The minimum absolute atomic E-state index is 0.0323. The second-order valence-electron chi connectivity index (χ2n) is 6.14. The molecule has 1 unspecified atom stereocenters. The van der Waals surface area contributed by atoms with Crippen LogP contribution in [0.3, 0.4) is 0 Å². The number of fused-ring (bicyclic) bond motifs is 3. The summed E-state index contributed by atoms with van der Waals surface area (Å²) in [5.41, 5.74) is 3.67. The van der Waals surface area contributed by atoms with Crippen LogP contribution in [0.15, 0.2) is 24.3 Å². The summed E-state index contributed by atoms with van der Waals surface area (Å²) in [4.78, 5) is 11.8. The standard InChI is InChI=1S/C16H16N2O4S/c19-16(20)15-13-6-5-10-3-1-2-4-12(10)14(13)17-18(15)11-7-8-23(21,22)9-11/h1-4,11H,5-9H2,(H,19,20). The van der Waals surface area contributed by atoms with Crippen LogP contribution in [0.4, 0.5) is 0 Å². The van der Waals surface area contributed by atoms with Gasteiger partial charge < -0.3 is 5.11 Å². The van der Waals surface area contributed by atoms with E-state index < -0.39 is 15.8 Å². The smallest absolute Gasteiger partial charge is 0.354 e. The predicted octanol–water partition coefficient (Wildman–Crippen LogP) is 1.71. The van der Waals surface area contributed by atoms with E-state index in [4.69, 9.17) is 0 Å². The molecular formula is C16H16N2O4S. The molecule has 7 heteroatoms. The Kier molecular flexibility index (Phi) is 3.09. The van der Waals surface area contributed by atoms with E-state index in [0.29, 0.717) is 18.5 Å². The molecule has 1 fully saturated rings. The Morgan fingerprint density at radius 3 is 2.74 bits per heavy atom. The van der Waals surface area contributed by atoms with Gasteiger partial charge in [0.2, 0.25) is 0 Å². The van der Waals surface area contributed by atoms with Gasteiger partial charge in [0.25, 0.3) is 0 Å². The van der Waals surface area contributed by atoms with E-state index in [-0.39, 0.29) is 23.2 Å². The van der Waals surface area contributed by atoms with Gasteiger partial charge in [0.15, 0.2) is 9.84 Å². The van der Waals surface area contributed by atoms with Crippen molar-refractivity contribution in [3.05, 3.63) is 41.1 Å². The molecule has 0 saturated carbocycles. The lowest BCUT2D eigenvalue weighted by molar-refractivity contribution is 0.0679. The number of carboxylic acids is 1. The topological polar surface area (TPSA) is 89.3 Å². The third-order valence-corrected chi connectivity index (χ3v) is 6.43. The monoisotopic (exact) mass is 332 g/mol. The van der Waals surface area contributed by atoms with Gasteiger partial charge in [-0.15, -0.1) is 0 Å². The number of hydrogen-bond donors (Lipinski definition) is 1. The van der Waals surface area contributed by atoms with E-state index in [1.165, 1.54) is 4.68 Å². The first-order chi connectivity index (χ1) is 11.0. The first kappa shape index (κ1) is 14.4. The van der Waals surface area contributed by atoms with E-state index in [0.717, 1.165) is 23.1 Å². The van der Waals surface area contributed by atoms with Crippen LogP contribution in [0.5, 0.6) is 0 Å². The summed E-state index contributed by atoms with van der Waals surface area (Å²) in [6.07, 6.45) is 1.82. The number of aromatic nitrogens is 2. The lowest BCUT2D eigenvalue weighted by Crippen LogP contribution is -2.18. The van der Waals surface area contributed by atoms with Gasteiger partial charge in [0.05, 0.1) is 23.2 Å². The average molecular weight is 332 g/mol. The number of aryl methyl sites for hydroxylation is 1. The van der Waals surface area contributed by atoms with E-state index in [1.54, 1.807) is 0 Å². The highest BCUT2D eigenvalue weighted by atomic mass is 32.2. The van der Waals surface area contributed by atoms with Crippen molar-refractivity contribution in [2.45, 2.75) is 25.3 Å². The number of sulfone groups is 1. The Morgan fingerprint density at radius 1 is 1.26 bits per heavy atom. The van der Waals surface area contributed by atoms with Crippen molar-refractivity contribution in [2.24, 2.45) is 0 Å². The number of nitrogens with zero attached hydrogens (tertiary/aromatic N) is 2. The van der Waals surface area contributed by atoms with Crippen LogP contribution in [0.1, 0.15) is 34.1 Å². The van der Waals surface area contributed by atoms with Crippen molar-refractivity contribution in [1.82, 2.24) is 9.78 Å². The highest BCUT2D eigenvalue weighted by Gasteiger charge is 2.35. The van der Waals surface area contributed by atoms with Crippen LogP contribution in [0.25, 0.3) is 11.3 Å². The van der Waals surface area contributed by atoms with Crippen LogP contribution in [0.2, 0.25) is 0 Å². The summed E-state index contributed by atoms with van der Waals surface area (Å²) in [6, 6.07) is 7.46. The van der Waals surface area contributed by atoms with E-state index >= 15 is 0 Å². The molecule has 2 aromatic rings. The van der Waals surface area contributed by atoms with Crippen LogP contribution < -0.4 is 0 Å². The van der Waals surface area contributed by atoms with Gasteiger partial charge in [-0.2, -0.15) is 5.10 Å². The molecule has 1 saturated heterocycles. The highest BCUT2D eigenvalue weighted by Crippen LogP contribution is 2.37. The number of hydrogen-bond acceptors (Lipinski definition) is 4. The summed E-state index contributed by atoms with van der Waals surface area (Å²) < 4.78 is 24.9. The van der Waals surface area contributed by atoms with Crippen molar-refractivity contribution in [1.29, 1.82) is 0 Å². The molecule has 2 aliphatic rings. The molecular weight excluding hydrogens is 316 g/mol. The Labute approximate surface area is 133 Å². The van der Waals surface area contributed by atoms with E-state index in [2.05, 4.69) is 5.10 Å². The van der Waals surface area contributed by atoms with Gasteiger partial charge in [-0.3, -0.25) is 4.68 Å². The van der Waals surface area contributed by atoms with E-state index in [1.807, 2.05) is 24.3 Å². The SMILES string of the molecule is O=C(O)c1c2c(nn1C1CCS(=O)(=O)C1)-c1ccccc1CC2. The van der Waals surface area contributed by atoms with Gasteiger partial charge in [-0.05, 0) is 24.8 Å². The van der Waals surface area contributed by atoms with Crippen LogP contribution in [0, 0.1) is 0 Å². The first-order valence-electron chi connectivity index (χ1n) is 7.59. The average Bonchev–Trinajstić information content (AvgIpc) is 3.07. The molecule has 1 aromatic heterocycles. The first-order valence-corrected chi connectivity index (χ1v) is 9.42. The molecule has 120 valence electrons. The maximum atomic E-state index is 11.8. The zero-order chi connectivity index (χ0) is 16.2. The molecule has 6 nitrogen and oxygen atoms in total. The maximum Gasteiger partial charge on any atom is 0.354 e. The Balaban J connectivity index is 1.90. The molecule has 23 heavy (non-hydrogen) atoms. The third-order valence-electron chi connectivity index (χ3n) is 4.68. The quantitative estimate of drug-likeness (QED) is 0.904. The summed E-state index contributed by atoms with van der Waals surface area (Å²) >= 11 is 0. The normalized spacial score (nSPS) is 21.7. The molecule has 1 N–H and O–H groups in total. The fraction of sp³-hybridized carbons (Fsp3) is 0.375. The van der Waals surface area contributed by atoms with Crippen LogP contribution in [-0.4, -0.2) is 40.8 Å². The second-order valence-corrected chi connectivity index (χ2v) is 8.37. The van der Waals surface area contributed by atoms with E-state index in [9.17, 15) is 18.3 Å². The van der Waals surface area contributed by atoms with Gasteiger partial charge in [-0.1, -0.05) is 24.3 Å². The molecule has 0 spiro atoms. The van der Waals surface area contributed by atoms with Crippen molar-refractivity contribution >= 4 is 15.8 Å². The summed E-state index contributed by atoms with van der Waals surface area (Å²) in [5, 5.41) is 14.2. The molecule has 1 aliphatic heterocycles.